The maximum atomic E-state index is 12.2. The van der Waals surface area contributed by atoms with Crippen LogP contribution >= 0.6 is 0 Å². The van der Waals surface area contributed by atoms with Crippen molar-refractivity contribution in [2.75, 3.05) is 11.9 Å². The van der Waals surface area contributed by atoms with Gasteiger partial charge in [-0.3, -0.25) is 4.79 Å². The molecule has 1 heterocycles. The van der Waals surface area contributed by atoms with E-state index in [2.05, 4.69) is 0 Å². The van der Waals surface area contributed by atoms with Crippen molar-refractivity contribution in [2.24, 2.45) is 0 Å². The fourth-order valence-electron chi connectivity index (χ4n) is 2.37. The van der Waals surface area contributed by atoms with Crippen LogP contribution in [0.2, 0.25) is 0 Å². The van der Waals surface area contributed by atoms with Crippen LogP contribution in [-0.2, 0) is 15.0 Å². The number of benzene rings is 1. The van der Waals surface area contributed by atoms with E-state index in [9.17, 15) is 9.59 Å². The molecule has 0 atom stereocenters. The Morgan fingerprint density at radius 2 is 2.06 bits per heavy atom. The van der Waals surface area contributed by atoms with Crippen LogP contribution < -0.4 is 4.90 Å². The second kappa shape index (κ2) is 3.98. The predicted molar refractivity (Wildman–Crippen MR) is 69.5 cm³/mol. The molecule has 0 saturated carbocycles. The van der Waals surface area contributed by atoms with Gasteiger partial charge in [-0.1, -0.05) is 18.2 Å². The average molecular weight is 245 g/mol. The normalized spacial score (nSPS) is 17.3. The molecule has 0 bridgehead atoms. The molecule has 4 heteroatoms. The van der Waals surface area contributed by atoms with Crippen molar-refractivity contribution in [2.45, 2.75) is 19.3 Å². The molecular weight excluding hydrogens is 230 g/mol. The van der Waals surface area contributed by atoms with Crippen LogP contribution in [0.4, 0.5) is 5.69 Å². The molecule has 2 rings (SSSR count). The molecule has 1 aliphatic rings. The molecule has 0 saturated heterocycles. The highest BCUT2D eigenvalue weighted by Gasteiger charge is 2.42. The van der Waals surface area contributed by atoms with Gasteiger partial charge in [0.2, 0.25) is 5.91 Å². The Bertz CT molecular complexity index is 558. The van der Waals surface area contributed by atoms with Gasteiger partial charge >= 0.3 is 5.97 Å². The van der Waals surface area contributed by atoms with Crippen molar-refractivity contribution in [3.05, 3.63) is 35.4 Å². The first-order chi connectivity index (χ1) is 8.35. The Morgan fingerprint density at radius 1 is 1.39 bits per heavy atom. The van der Waals surface area contributed by atoms with Gasteiger partial charge < -0.3 is 10.0 Å². The Hall–Kier alpha value is -2.10. The molecule has 1 aromatic carbocycles. The number of hydrogen-bond acceptors (Lipinski definition) is 2. The molecule has 0 spiro atoms. The lowest BCUT2D eigenvalue weighted by Crippen LogP contribution is -2.33. The van der Waals surface area contributed by atoms with Crippen LogP contribution in [0.15, 0.2) is 24.3 Å². The molecule has 1 aliphatic heterocycles. The topological polar surface area (TPSA) is 57.6 Å². The highest BCUT2D eigenvalue weighted by Crippen LogP contribution is 2.42. The number of fused-ring (bicyclic) bond motifs is 1. The van der Waals surface area contributed by atoms with Gasteiger partial charge in [0, 0.05) is 13.1 Å². The Morgan fingerprint density at radius 3 is 2.67 bits per heavy atom. The van der Waals surface area contributed by atoms with E-state index in [0.29, 0.717) is 0 Å². The fraction of sp³-hybridized carbons (Fsp3) is 0.286. The van der Waals surface area contributed by atoms with Crippen molar-refractivity contribution in [1.82, 2.24) is 0 Å². The number of amides is 1. The number of anilines is 1. The zero-order chi connectivity index (χ0) is 13.5. The maximum absolute atomic E-state index is 12.2. The van der Waals surface area contributed by atoms with E-state index < -0.39 is 11.4 Å². The van der Waals surface area contributed by atoms with Crippen LogP contribution in [0.3, 0.4) is 0 Å². The lowest BCUT2D eigenvalue weighted by molar-refractivity contribution is -0.131. The van der Waals surface area contributed by atoms with Gasteiger partial charge in [-0.25, -0.2) is 4.79 Å². The van der Waals surface area contributed by atoms with E-state index in [4.69, 9.17) is 5.11 Å². The number of carboxylic acid groups (broad SMARTS) is 1. The predicted octanol–water partition coefficient (Wildman–Crippen LogP) is 2.04. The molecule has 18 heavy (non-hydrogen) atoms. The minimum absolute atomic E-state index is 0.0219. The molecule has 4 nitrogen and oxygen atoms in total. The summed E-state index contributed by atoms with van der Waals surface area (Å²) >= 11 is 0. The van der Waals surface area contributed by atoms with Crippen LogP contribution in [0.25, 0.3) is 6.08 Å². The number of nitrogens with zero attached hydrogens (tertiary/aromatic N) is 1. The summed E-state index contributed by atoms with van der Waals surface area (Å²) in [6.07, 6.45) is 2.60. The van der Waals surface area contributed by atoms with Crippen LogP contribution in [0.1, 0.15) is 25.0 Å². The molecular formula is C14H15NO3. The number of hydrogen-bond donors (Lipinski definition) is 1. The molecule has 0 unspecified atom stereocenters. The Balaban J connectivity index is 2.60. The summed E-state index contributed by atoms with van der Waals surface area (Å²) < 4.78 is 0. The van der Waals surface area contributed by atoms with E-state index >= 15 is 0 Å². The number of carboxylic acids is 1. The molecule has 94 valence electrons. The molecule has 1 amide bonds. The van der Waals surface area contributed by atoms with Gasteiger partial charge in [0.25, 0.3) is 0 Å². The molecule has 1 aromatic rings. The smallest absolute Gasteiger partial charge is 0.328 e. The first kappa shape index (κ1) is 12.4. The highest BCUT2D eigenvalue weighted by atomic mass is 16.4. The first-order valence-corrected chi connectivity index (χ1v) is 5.68. The third kappa shape index (κ3) is 1.70. The van der Waals surface area contributed by atoms with Gasteiger partial charge in [-0.15, -0.1) is 0 Å². The lowest BCUT2D eigenvalue weighted by atomic mass is 9.85. The number of carbonyl (C=O) groups excluding carboxylic acids is 1. The molecule has 0 aromatic heterocycles. The minimum atomic E-state index is -1.00. The molecule has 0 aliphatic carbocycles. The molecule has 1 N–H and O–H groups in total. The Labute approximate surface area is 106 Å². The average Bonchev–Trinajstić information content (AvgIpc) is 2.49. The van der Waals surface area contributed by atoms with Gasteiger partial charge in [-0.2, -0.15) is 0 Å². The summed E-state index contributed by atoms with van der Waals surface area (Å²) in [5.41, 5.74) is 1.92. The third-order valence-corrected chi connectivity index (χ3v) is 3.32. The monoisotopic (exact) mass is 245 g/mol. The largest absolute Gasteiger partial charge is 0.478 e. The number of aliphatic carboxylic acids is 1. The lowest BCUT2D eigenvalue weighted by Gasteiger charge is -2.16. The third-order valence-electron chi connectivity index (χ3n) is 3.32. The second-order valence-electron chi connectivity index (χ2n) is 4.90. The van der Waals surface area contributed by atoms with Crippen LogP contribution in [-0.4, -0.2) is 24.0 Å². The minimum Gasteiger partial charge on any atom is -0.478 e. The maximum Gasteiger partial charge on any atom is 0.328 e. The molecule has 0 fully saturated rings. The van der Waals surface area contributed by atoms with E-state index in [-0.39, 0.29) is 5.91 Å². The zero-order valence-electron chi connectivity index (χ0n) is 10.6. The van der Waals surface area contributed by atoms with E-state index in [0.717, 1.165) is 22.9 Å². The van der Waals surface area contributed by atoms with Crippen molar-refractivity contribution >= 4 is 23.6 Å². The fourth-order valence-corrected chi connectivity index (χ4v) is 2.37. The van der Waals surface area contributed by atoms with Crippen LogP contribution in [0, 0.1) is 0 Å². The van der Waals surface area contributed by atoms with Crippen molar-refractivity contribution in [3.63, 3.8) is 0 Å². The van der Waals surface area contributed by atoms with Crippen molar-refractivity contribution in [3.8, 4) is 0 Å². The Kier molecular flexibility index (Phi) is 2.73. The van der Waals surface area contributed by atoms with Gasteiger partial charge in [0.15, 0.2) is 0 Å². The van der Waals surface area contributed by atoms with Gasteiger partial charge in [0.1, 0.15) is 0 Å². The van der Waals surface area contributed by atoms with Gasteiger partial charge in [0.05, 0.1) is 11.1 Å². The number of rotatable bonds is 2. The zero-order valence-corrected chi connectivity index (χ0v) is 10.6. The quantitative estimate of drug-likeness (QED) is 0.811. The van der Waals surface area contributed by atoms with E-state index in [1.165, 1.54) is 6.08 Å². The highest BCUT2D eigenvalue weighted by molar-refractivity contribution is 6.09. The SMILES string of the molecule is CN1C(=O)C(C)(C)c2cccc(C=CC(=O)O)c21. The van der Waals surface area contributed by atoms with Crippen molar-refractivity contribution in [1.29, 1.82) is 0 Å². The first-order valence-electron chi connectivity index (χ1n) is 5.68. The van der Waals surface area contributed by atoms with Gasteiger partial charge in [-0.05, 0) is 31.1 Å². The number of likely N-dealkylation sites (N-methyl/N-ethyl adjacent to an activating group) is 1. The summed E-state index contributed by atoms with van der Waals surface area (Å²) in [5, 5.41) is 8.68. The standard InChI is InChI=1S/C14H15NO3/c1-14(2)10-6-4-5-9(7-8-11(16)17)12(10)15(3)13(14)18/h4-8H,1-3H3,(H,16,17). The summed E-state index contributed by atoms with van der Waals surface area (Å²) in [7, 11) is 1.72. The summed E-state index contributed by atoms with van der Waals surface area (Å²) in [6, 6.07) is 5.56. The summed E-state index contributed by atoms with van der Waals surface area (Å²) in [5.74, 6) is -0.979. The van der Waals surface area contributed by atoms with Crippen molar-refractivity contribution < 1.29 is 14.7 Å². The summed E-state index contributed by atoms with van der Waals surface area (Å²) in [6.45, 7) is 3.75. The van der Waals surface area contributed by atoms with E-state index in [1.807, 2.05) is 32.0 Å². The summed E-state index contributed by atoms with van der Waals surface area (Å²) in [4.78, 5) is 24.3. The second-order valence-corrected chi connectivity index (χ2v) is 4.90. The molecule has 0 radical (unpaired) electrons. The number of para-hydroxylation sites is 1. The van der Waals surface area contributed by atoms with E-state index in [1.54, 1.807) is 11.9 Å². The van der Waals surface area contributed by atoms with Crippen LogP contribution in [0.5, 0.6) is 0 Å². The number of carbonyl (C=O) groups is 2.